The molecule has 1 fully saturated rings. The molecule has 0 saturated carbocycles. The molecule has 6 nitrogen and oxygen atoms in total. The Kier molecular flexibility index (Phi) is 5.47. The molecule has 186 valence electrons. The largest absolute Gasteiger partial charge is 0.312 e. The number of para-hydroxylation sites is 2. The SMILES string of the molecule is O=C1C(CN2CCN(Cc3cc4cccc5c4n(c3=O)CCC5)CC2)Cc2cccc3c2N1CCC3. The first-order chi connectivity index (χ1) is 17.7. The third-order valence-electron chi connectivity index (χ3n) is 8.82. The van der Waals surface area contributed by atoms with Crippen LogP contribution < -0.4 is 10.5 Å². The molecule has 5 heterocycles. The number of aromatic nitrogens is 1. The number of carbonyl (C=O) groups is 1. The van der Waals surface area contributed by atoms with E-state index >= 15 is 0 Å². The van der Waals surface area contributed by atoms with Gasteiger partial charge >= 0.3 is 0 Å². The van der Waals surface area contributed by atoms with E-state index in [-0.39, 0.29) is 11.5 Å². The molecule has 7 rings (SSSR count). The van der Waals surface area contributed by atoms with Gasteiger partial charge in [0.15, 0.2) is 0 Å². The van der Waals surface area contributed by atoms with Gasteiger partial charge in [0.05, 0.1) is 17.1 Å². The molecule has 6 heteroatoms. The van der Waals surface area contributed by atoms with Gasteiger partial charge in [-0.2, -0.15) is 0 Å². The average molecular weight is 483 g/mol. The summed E-state index contributed by atoms with van der Waals surface area (Å²) in [6, 6.07) is 15.1. The lowest BCUT2D eigenvalue weighted by Gasteiger charge is -2.41. The normalized spacial score (nSPS) is 22.2. The Labute approximate surface area is 212 Å². The number of nitrogens with zero attached hydrogens (tertiary/aromatic N) is 4. The van der Waals surface area contributed by atoms with Crippen LogP contribution in [0.3, 0.4) is 0 Å². The number of anilines is 1. The summed E-state index contributed by atoms with van der Waals surface area (Å²) in [6.07, 6.45) is 5.11. The van der Waals surface area contributed by atoms with Gasteiger partial charge in [-0.15, -0.1) is 0 Å². The van der Waals surface area contributed by atoms with Crippen LogP contribution in [0.4, 0.5) is 5.69 Å². The first-order valence-corrected chi connectivity index (χ1v) is 13.7. The Morgan fingerprint density at radius 3 is 2.39 bits per heavy atom. The Balaban J connectivity index is 1.03. The van der Waals surface area contributed by atoms with Crippen LogP contribution in [0.1, 0.15) is 35.1 Å². The summed E-state index contributed by atoms with van der Waals surface area (Å²) in [5, 5.41) is 1.19. The Morgan fingerprint density at radius 2 is 1.50 bits per heavy atom. The standard InChI is InChI=1S/C30H34N4O2/c35-29-25(17-23-7-1-5-21-9-3-11-33(29)27(21)23)19-31-13-15-32(16-14-31)20-26-18-24-8-2-6-22-10-4-12-34(28(22)24)30(26)36/h1-2,5-8,17,26H,3-4,9-16,18-20H2. The van der Waals surface area contributed by atoms with Crippen LogP contribution in [0.15, 0.2) is 47.3 Å². The van der Waals surface area contributed by atoms with Crippen molar-refractivity contribution in [3.8, 4) is 0 Å². The van der Waals surface area contributed by atoms with Gasteiger partial charge in [-0.05, 0) is 60.2 Å². The third kappa shape index (κ3) is 3.70. The highest BCUT2D eigenvalue weighted by Crippen LogP contribution is 2.37. The molecular weight excluding hydrogens is 448 g/mol. The Bertz CT molecular complexity index is 1400. The zero-order valence-corrected chi connectivity index (χ0v) is 20.9. The molecule has 0 radical (unpaired) electrons. The minimum atomic E-state index is 0.0461. The molecule has 0 spiro atoms. The highest BCUT2D eigenvalue weighted by Gasteiger charge is 2.36. The summed E-state index contributed by atoms with van der Waals surface area (Å²) in [6.45, 7) is 6.98. The number of benzene rings is 2. The number of pyridine rings is 1. The second-order valence-corrected chi connectivity index (χ2v) is 11.1. The van der Waals surface area contributed by atoms with Crippen molar-refractivity contribution in [3.63, 3.8) is 0 Å². The topological polar surface area (TPSA) is 48.8 Å². The van der Waals surface area contributed by atoms with Crippen LogP contribution in [-0.2, 0) is 37.1 Å². The number of piperazine rings is 1. The van der Waals surface area contributed by atoms with Crippen molar-refractivity contribution in [2.45, 2.75) is 45.2 Å². The van der Waals surface area contributed by atoms with Crippen molar-refractivity contribution in [2.75, 3.05) is 44.2 Å². The van der Waals surface area contributed by atoms with E-state index in [2.05, 4.69) is 57.2 Å². The summed E-state index contributed by atoms with van der Waals surface area (Å²) in [7, 11) is 0. The molecule has 4 aliphatic rings. The maximum absolute atomic E-state index is 13.4. The van der Waals surface area contributed by atoms with E-state index in [1.807, 2.05) is 4.57 Å². The summed E-state index contributed by atoms with van der Waals surface area (Å²) in [5.41, 5.74) is 7.44. The molecule has 1 unspecified atom stereocenters. The molecular formula is C30H34N4O2. The van der Waals surface area contributed by atoms with E-state index < -0.39 is 0 Å². The number of rotatable bonds is 4. The molecule has 1 atom stereocenters. The van der Waals surface area contributed by atoms with Crippen LogP contribution in [0.25, 0.3) is 10.9 Å². The number of carbonyl (C=O) groups excluding carboxylic acids is 1. The number of aryl methyl sites for hydroxylation is 3. The minimum absolute atomic E-state index is 0.0461. The van der Waals surface area contributed by atoms with E-state index in [9.17, 15) is 9.59 Å². The van der Waals surface area contributed by atoms with Crippen molar-refractivity contribution < 1.29 is 4.79 Å². The molecule has 1 saturated heterocycles. The van der Waals surface area contributed by atoms with E-state index in [0.29, 0.717) is 12.5 Å². The molecule has 0 bridgehead atoms. The minimum Gasteiger partial charge on any atom is -0.312 e. The second kappa shape index (κ2) is 8.86. The molecule has 2 aromatic carbocycles. The van der Waals surface area contributed by atoms with Crippen molar-refractivity contribution in [3.05, 3.63) is 75.1 Å². The van der Waals surface area contributed by atoms with Gasteiger partial charge in [0.1, 0.15) is 0 Å². The van der Waals surface area contributed by atoms with Gasteiger partial charge in [-0.3, -0.25) is 19.4 Å². The van der Waals surface area contributed by atoms with Crippen molar-refractivity contribution in [1.29, 1.82) is 0 Å². The predicted molar refractivity (Wildman–Crippen MR) is 143 cm³/mol. The van der Waals surface area contributed by atoms with E-state index in [4.69, 9.17) is 0 Å². The van der Waals surface area contributed by atoms with Crippen LogP contribution in [0.2, 0.25) is 0 Å². The lowest BCUT2D eigenvalue weighted by atomic mass is 9.86. The monoisotopic (exact) mass is 482 g/mol. The molecule has 0 N–H and O–H groups in total. The molecule has 36 heavy (non-hydrogen) atoms. The quantitative estimate of drug-likeness (QED) is 0.573. The van der Waals surface area contributed by atoms with Gasteiger partial charge in [-0.1, -0.05) is 36.4 Å². The van der Waals surface area contributed by atoms with Crippen molar-refractivity contribution >= 4 is 22.5 Å². The van der Waals surface area contributed by atoms with Crippen LogP contribution in [0.5, 0.6) is 0 Å². The first-order valence-electron chi connectivity index (χ1n) is 13.7. The fourth-order valence-corrected chi connectivity index (χ4v) is 7.05. The number of hydrogen-bond donors (Lipinski definition) is 0. The fourth-order valence-electron chi connectivity index (χ4n) is 7.05. The summed E-state index contributed by atoms with van der Waals surface area (Å²) >= 11 is 0. The number of amides is 1. The summed E-state index contributed by atoms with van der Waals surface area (Å²) < 4.78 is 2.01. The Morgan fingerprint density at radius 1 is 0.778 bits per heavy atom. The first kappa shape index (κ1) is 22.3. The maximum Gasteiger partial charge on any atom is 0.255 e. The average Bonchev–Trinajstić information content (AvgIpc) is 2.91. The highest BCUT2D eigenvalue weighted by atomic mass is 16.2. The smallest absolute Gasteiger partial charge is 0.255 e. The molecule has 1 amide bonds. The van der Waals surface area contributed by atoms with Gasteiger partial charge in [0.25, 0.3) is 5.56 Å². The zero-order valence-electron chi connectivity index (χ0n) is 20.9. The molecule has 0 aliphatic carbocycles. The van der Waals surface area contributed by atoms with E-state index in [0.717, 1.165) is 89.0 Å². The van der Waals surface area contributed by atoms with Crippen LogP contribution in [-0.4, -0.2) is 59.5 Å². The van der Waals surface area contributed by atoms with Crippen LogP contribution in [0, 0.1) is 5.92 Å². The lowest BCUT2D eigenvalue weighted by molar-refractivity contribution is -0.123. The lowest BCUT2D eigenvalue weighted by Crippen LogP contribution is -2.52. The van der Waals surface area contributed by atoms with Gasteiger partial charge < -0.3 is 9.47 Å². The second-order valence-electron chi connectivity index (χ2n) is 11.1. The van der Waals surface area contributed by atoms with Crippen LogP contribution >= 0.6 is 0 Å². The highest BCUT2D eigenvalue weighted by molar-refractivity contribution is 5.99. The van der Waals surface area contributed by atoms with Gasteiger partial charge in [0, 0.05) is 57.9 Å². The van der Waals surface area contributed by atoms with Crippen molar-refractivity contribution in [2.24, 2.45) is 5.92 Å². The predicted octanol–water partition coefficient (Wildman–Crippen LogP) is 3.22. The summed E-state index contributed by atoms with van der Waals surface area (Å²) in [5.74, 6) is 0.361. The fraction of sp³-hybridized carbons (Fsp3) is 0.467. The molecule has 4 aliphatic heterocycles. The van der Waals surface area contributed by atoms with E-state index in [1.165, 1.54) is 27.8 Å². The van der Waals surface area contributed by atoms with Crippen molar-refractivity contribution in [1.82, 2.24) is 14.4 Å². The molecule has 3 aromatic rings. The zero-order chi connectivity index (χ0) is 24.2. The van der Waals surface area contributed by atoms with Gasteiger partial charge in [-0.25, -0.2) is 0 Å². The Hall–Kier alpha value is -2.96. The number of hydrogen-bond acceptors (Lipinski definition) is 4. The third-order valence-corrected chi connectivity index (χ3v) is 8.82. The summed E-state index contributed by atoms with van der Waals surface area (Å²) in [4.78, 5) is 33.6. The molecule has 1 aromatic heterocycles. The van der Waals surface area contributed by atoms with E-state index in [1.54, 1.807) is 0 Å². The maximum atomic E-state index is 13.4. The van der Waals surface area contributed by atoms with Gasteiger partial charge in [0.2, 0.25) is 5.91 Å².